The molecule has 0 atom stereocenters. The van der Waals surface area contributed by atoms with Crippen LogP contribution >= 0.6 is 0 Å². The number of hydrogen-bond acceptors (Lipinski definition) is 1. The van der Waals surface area contributed by atoms with E-state index in [1.165, 1.54) is 0 Å². The minimum atomic E-state index is 0.0104. The van der Waals surface area contributed by atoms with Crippen LogP contribution in [0.1, 0.15) is 41.5 Å². The molecule has 0 amide bonds. The Morgan fingerprint density at radius 2 is 1.62 bits per heavy atom. The van der Waals surface area contributed by atoms with E-state index in [4.69, 9.17) is 5.11 Å². The van der Waals surface area contributed by atoms with E-state index in [0.717, 1.165) is 5.57 Å². The summed E-state index contributed by atoms with van der Waals surface area (Å²) in [5, 5.41) is 9.14. The Hall–Kier alpha value is -0.520. The second-order valence-corrected chi connectivity index (χ2v) is 5.54. The standard InChI is InChI=1S/C12H22O/c1-11(2,3)8-7-10(9-13)12(4,5)6/h8,13H,9H2,1-6H3. The molecule has 0 aromatic rings. The summed E-state index contributed by atoms with van der Waals surface area (Å²) in [6.07, 6.45) is 2.02. The van der Waals surface area contributed by atoms with E-state index in [-0.39, 0.29) is 17.4 Å². The fraction of sp³-hybridized carbons (Fsp3) is 0.750. The summed E-state index contributed by atoms with van der Waals surface area (Å²) in [6, 6.07) is 0. The van der Waals surface area contributed by atoms with Gasteiger partial charge in [0.1, 0.15) is 0 Å². The van der Waals surface area contributed by atoms with Crippen LogP contribution in [-0.4, -0.2) is 11.7 Å². The first-order valence-electron chi connectivity index (χ1n) is 4.75. The second kappa shape index (κ2) is 4.13. The van der Waals surface area contributed by atoms with E-state index < -0.39 is 0 Å². The Morgan fingerprint density at radius 1 is 1.15 bits per heavy atom. The lowest BCUT2D eigenvalue weighted by molar-refractivity contribution is 0.296. The third kappa shape index (κ3) is 5.68. The summed E-state index contributed by atoms with van der Waals surface area (Å²) >= 11 is 0. The predicted octanol–water partition coefficient (Wildman–Crippen LogP) is 3.15. The molecule has 1 N–H and O–H groups in total. The Kier molecular flexibility index (Phi) is 3.96. The minimum absolute atomic E-state index is 0.0104. The molecule has 0 rings (SSSR count). The highest BCUT2D eigenvalue weighted by atomic mass is 16.3. The van der Waals surface area contributed by atoms with Gasteiger partial charge >= 0.3 is 0 Å². The Morgan fingerprint density at radius 3 is 1.85 bits per heavy atom. The molecule has 0 aliphatic heterocycles. The number of aliphatic hydroxyl groups is 1. The van der Waals surface area contributed by atoms with Gasteiger partial charge in [0.15, 0.2) is 0 Å². The molecule has 0 fully saturated rings. The topological polar surface area (TPSA) is 20.2 Å². The van der Waals surface area contributed by atoms with Crippen LogP contribution in [0.15, 0.2) is 17.4 Å². The molecule has 0 bridgehead atoms. The van der Waals surface area contributed by atoms with Gasteiger partial charge in [-0.15, -0.1) is 5.73 Å². The molecule has 0 saturated heterocycles. The van der Waals surface area contributed by atoms with Crippen molar-refractivity contribution in [2.45, 2.75) is 41.5 Å². The van der Waals surface area contributed by atoms with Crippen LogP contribution in [0, 0.1) is 10.8 Å². The van der Waals surface area contributed by atoms with Crippen LogP contribution in [-0.2, 0) is 0 Å². The SMILES string of the molecule is CC(C)(C)C=C=C(CO)C(C)(C)C. The molecular weight excluding hydrogens is 160 g/mol. The van der Waals surface area contributed by atoms with Crippen molar-refractivity contribution in [3.8, 4) is 0 Å². The molecule has 0 aromatic heterocycles. The summed E-state index contributed by atoms with van der Waals surface area (Å²) < 4.78 is 0. The Balaban J connectivity index is 4.89. The molecule has 0 aromatic carbocycles. The smallest absolute Gasteiger partial charge is 0.0720 e. The van der Waals surface area contributed by atoms with Gasteiger partial charge in [-0.1, -0.05) is 41.5 Å². The van der Waals surface area contributed by atoms with Crippen LogP contribution in [0.4, 0.5) is 0 Å². The van der Waals surface area contributed by atoms with Gasteiger partial charge in [-0.2, -0.15) is 0 Å². The fourth-order valence-electron chi connectivity index (χ4n) is 0.803. The lowest BCUT2D eigenvalue weighted by atomic mass is 9.86. The van der Waals surface area contributed by atoms with E-state index >= 15 is 0 Å². The molecule has 0 heterocycles. The zero-order valence-electron chi connectivity index (χ0n) is 9.73. The second-order valence-electron chi connectivity index (χ2n) is 5.54. The molecule has 0 unspecified atom stereocenters. The lowest BCUT2D eigenvalue weighted by Gasteiger charge is -2.19. The fourth-order valence-corrected chi connectivity index (χ4v) is 0.803. The van der Waals surface area contributed by atoms with E-state index in [1.54, 1.807) is 0 Å². The van der Waals surface area contributed by atoms with Crippen molar-refractivity contribution < 1.29 is 5.11 Å². The maximum atomic E-state index is 9.14. The van der Waals surface area contributed by atoms with Crippen LogP contribution < -0.4 is 0 Å². The van der Waals surface area contributed by atoms with Gasteiger partial charge in [-0.05, 0) is 16.9 Å². The number of aliphatic hydroxyl groups excluding tert-OH is 1. The van der Waals surface area contributed by atoms with Gasteiger partial charge in [0.25, 0.3) is 0 Å². The molecular formula is C12H22O. The molecule has 13 heavy (non-hydrogen) atoms. The molecule has 0 saturated carbocycles. The highest BCUT2D eigenvalue weighted by Crippen LogP contribution is 2.24. The zero-order valence-corrected chi connectivity index (χ0v) is 9.73. The normalized spacial score (nSPS) is 12.2. The maximum Gasteiger partial charge on any atom is 0.0720 e. The van der Waals surface area contributed by atoms with E-state index in [9.17, 15) is 0 Å². The molecule has 0 radical (unpaired) electrons. The average Bonchev–Trinajstić information content (AvgIpc) is 1.82. The van der Waals surface area contributed by atoms with Gasteiger partial charge in [-0.25, -0.2) is 0 Å². The summed E-state index contributed by atoms with van der Waals surface area (Å²) in [6.45, 7) is 12.7. The van der Waals surface area contributed by atoms with Crippen LogP contribution in [0.25, 0.3) is 0 Å². The highest BCUT2D eigenvalue weighted by Gasteiger charge is 2.15. The summed E-state index contributed by atoms with van der Waals surface area (Å²) in [5.41, 5.74) is 4.29. The van der Waals surface area contributed by atoms with Gasteiger partial charge in [0.05, 0.1) is 6.61 Å². The predicted molar refractivity (Wildman–Crippen MR) is 57.6 cm³/mol. The van der Waals surface area contributed by atoms with Gasteiger partial charge in [-0.3, -0.25) is 0 Å². The van der Waals surface area contributed by atoms with Crippen molar-refractivity contribution in [3.63, 3.8) is 0 Å². The quantitative estimate of drug-likeness (QED) is 0.618. The largest absolute Gasteiger partial charge is 0.391 e. The van der Waals surface area contributed by atoms with E-state index in [1.807, 2.05) is 6.08 Å². The van der Waals surface area contributed by atoms with Crippen molar-refractivity contribution in [1.82, 2.24) is 0 Å². The monoisotopic (exact) mass is 182 g/mol. The van der Waals surface area contributed by atoms with Gasteiger partial charge < -0.3 is 5.11 Å². The summed E-state index contributed by atoms with van der Waals surface area (Å²) in [7, 11) is 0. The van der Waals surface area contributed by atoms with Crippen molar-refractivity contribution in [3.05, 3.63) is 17.4 Å². The van der Waals surface area contributed by atoms with Crippen LogP contribution in [0.5, 0.6) is 0 Å². The summed E-state index contributed by atoms with van der Waals surface area (Å²) in [5.74, 6) is 0. The Bertz CT molecular complexity index is 216. The third-order valence-electron chi connectivity index (χ3n) is 1.74. The summed E-state index contributed by atoms with van der Waals surface area (Å²) in [4.78, 5) is 0. The van der Waals surface area contributed by atoms with Crippen molar-refractivity contribution >= 4 is 0 Å². The minimum Gasteiger partial charge on any atom is -0.391 e. The number of hydrogen-bond donors (Lipinski definition) is 1. The molecule has 0 spiro atoms. The van der Waals surface area contributed by atoms with Crippen molar-refractivity contribution in [2.75, 3.05) is 6.61 Å². The number of rotatable bonds is 1. The van der Waals surface area contributed by atoms with Crippen LogP contribution in [0.3, 0.4) is 0 Å². The Labute approximate surface area is 82.2 Å². The highest BCUT2D eigenvalue weighted by molar-refractivity contribution is 5.11. The molecule has 1 nitrogen and oxygen atoms in total. The first kappa shape index (κ1) is 12.5. The van der Waals surface area contributed by atoms with Crippen molar-refractivity contribution in [2.24, 2.45) is 10.8 Å². The molecule has 76 valence electrons. The van der Waals surface area contributed by atoms with Gasteiger partial charge in [0.2, 0.25) is 0 Å². The average molecular weight is 182 g/mol. The van der Waals surface area contributed by atoms with E-state index in [2.05, 4.69) is 47.3 Å². The maximum absolute atomic E-state index is 9.14. The van der Waals surface area contributed by atoms with E-state index in [0.29, 0.717) is 0 Å². The van der Waals surface area contributed by atoms with Crippen LogP contribution in [0.2, 0.25) is 0 Å². The molecule has 0 aliphatic rings. The third-order valence-corrected chi connectivity index (χ3v) is 1.74. The zero-order chi connectivity index (χ0) is 10.7. The lowest BCUT2D eigenvalue weighted by Crippen LogP contribution is -2.12. The first-order chi connectivity index (χ1) is 5.67. The first-order valence-corrected chi connectivity index (χ1v) is 4.75. The molecule has 1 heteroatoms. The van der Waals surface area contributed by atoms with Crippen molar-refractivity contribution in [1.29, 1.82) is 0 Å². The van der Waals surface area contributed by atoms with Gasteiger partial charge in [0, 0.05) is 5.57 Å². The molecule has 0 aliphatic carbocycles.